The number of halogens is 2. The van der Waals surface area contributed by atoms with Crippen LogP contribution in [-0.2, 0) is 22.8 Å². The molecule has 0 aliphatic carbocycles. The highest BCUT2D eigenvalue weighted by Crippen LogP contribution is 2.27. The maximum atomic E-state index is 14.1. The third-order valence-electron chi connectivity index (χ3n) is 4.33. The molecule has 2 heterocycles. The summed E-state index contributed by atoms with van der Waals surface area (Å²) in [7, 11) is -3.47. The van der Waals surface area contributed by atoms with E-state index in [1.165, 1.54) is 41.7 Å². The zero-order chi connectivity index (χ0) is 20.3. The van der Waals surface area contributed by atoms with Crippen molar-refractivity contribution in [1.82, 2.24) is 19.7 Å². The molecule has 3 aromatic rings. The molecule has 7 nitrogen and oxygen atoms in total. The number of sulfone groups is 1. The second kappa shape index (κ2) is 8.11. The zero-order valence-electron chi connectivity index (χ0n) is 14.9. The summed E-state index contributed by atoms with van der Waals surface area (Å²) < 4.78 is 52.0. The molecule has 0 amide bonds. The predicted octanol–water partition coefficient (Wildman–Crippen LogP) is 1.74. The second-order valence-corrected chi connectivity index (χ2v) is 8.40. The van der Waals surface area contributed by atoms with Gasteiger partial charge in [0, 0.05) is 24.4 Å². The Balaban J connectivity index is 1.93. The van der Waals surface area contributed by atoms with Gasteiger partial charge in [-0.2, -0.15) is 5.10 Å². The Morgan fingerprint density at radius 1 is 1.21 bits per heavy atom. The molecule has 0 saturated carbocycles. The second-order valence-electron chi connectivity index (χ2n) is 6.43. The van der Waals surface area contributed by atoms with E-state index in [0.29, 0.717) is 5.56 Å². The number of rotatable bonds is 7. The Morgan fingerprint density at radius 3 is 2.57 bits per heavy atom. The first kappa shape index (κ1) is 20.0. The average molecular weight is 408 g/mol. The number of aromatic nitrogens is 4. The first-order chi connectivity index (χ1) is 13.2. The lowest BCUT2D eigenvalue weighted by atomic mass is 9.88. The number of benzene rings is 1. The van der Waals surface area contributed by atoms with Crippen LogP contribution < -0.4 is 0 Å². The van der Waals surface area contributed by atoms with Gasteiger partial charge in [-0.1, -0.05) is 12.1 Å². The molecule has 10 heteroatoms. The van der Waals surface area contributed by atoms with Crippen molar-refractivity contribution in [2.75, 3.05) is 6.26 Å². The molecule has 2 atom stereocenters. The van der Waals surface area contributed by atoms with E-state index in [2.05, 4.69) is 15.1 Å². The van der Waals surface area contributed by atoms with E-state index in [-0.39, 0.29) is 23.6 Å². The van der Waals surface area contributed by atoms with Crippen LogP contribution in [-0.4, -0.2) is 45.6 Å². The van der Waals surface area contributed by atoms with Gasteiger partial charge in [-0.3, -0.25) is 4.68 Å². The molecule has 0 radical (unpaired) electrons. The van der Waals surface area contributed by atoms with E-state index in [4.69, 9.17) is 0 Å². The molecule has 148 valence electrons. The molecule has 1 N–H and O–H groups in total. The minimum atomic E-state index is -3.47. The highest BCUT2D eigenvalue weighted by molar-refractivity contribution is 7.90. The van der Waals surface area contributed by atoms with Crippen molar-refractivity contribution < 1.29 is 22.3 Å². The Labute approximate surface area is 160 Å². The number of aliphatic hydroxyl groups is 1. The van der Waals surface area contributed by atoms with Crippen LogP contribution in [0.1, 0.15) is 17.0 Å². The Morgan fingerprint density at radius 2 is 2.00 bits per heavy atom. The molecule has 0 bridgehead atoms. The van der Waals surface area contributed by atoms with Gasteiger partial charge in [0.15, 0.2) is 14.9 Å². The molecule has 0 aliphatic heterocycles. The molecule has 0 saturated heterocycles. The average Bonchev–Trinajstić information content (AvgIpc) is 3.13. The number of nitrogens with zero attached hydrogens (tertiary/aromatic N) is 4. The Hall–Kier alpha value is -2.72. The summed E-state index contributed by atoms with van der Waals surface area (Å²) in [6, 6.07) is 6.10. The summed E-state index contributed by atoms with van der Waals surface area (Å²) in [6.45, 7) is 0.0846. The first-order valence-corrected chi connectivity index (χ1v) is 10.2. The van der Waals surface area contributed by atoms with Crippen LogP contribution in [0.2, 0.25) is 0 Å². The molecule has 2 unspecified atom stereocenters. The Bertz CT molecular complexity index is 1040. The van der Waals surface area contributed by atoms with Gasteiger partial charge in [-0.05, 0) is 29.7 Å². The fourth-order valence-electron chi connectivity index (χ4n) is 2.88. The van der Waals surface area contributed by atoms with Gasteiger partial charge in [0.2, 0.25) is 0 Å². The van der Waals surface area contributed by atoms with Gasteiger partial charge >= 0.3 is 0 Å². The van der Waals surface area contributed by atoms with Gasteiger partial charge in [0.1, 0.15) is 24.3 Å². The van der Waals surface area contributed by atoms with Crippen molar-refractivity contribution in [3.63, 3.8) is 0 Å². The van der Waals surface area contributed by atoms with Crippen molar-refractivity contribution in [2.24, 2.45) is 0 Å². The van der Waals surface area contributed by atoms with Crippen LogP contribution in [0.4, 0.5) is 8.78 Å². The van der Waals surface area contributed by atoms with Crippen molar-refractivity contribution in [3.05, 3.63) is 71.9 Å². The van der Waals surface area contributed by atoms with Crippen LogP contribution in [0.25, 0.3) is 0 Å². The van der Waals surface area contributed by atoms with E-state index in [1.807, 2.05) is 0 Å². The van der Waals surface area contributed by atoms with Crippen LogP contribution in [0.15, 0.2) is 54.2 Å². The third-order valence-corrected chi connectivity index (χ3v) is 5.33. The fraction of sp³-hybridized carbons (Fsp3) is 0.278. The molecule has 1 aromatic carbocycles. The van der Waals surface area contributed by atoms with E-state index in [0.717, 1.165) is 18.4 Å². The van der Waals surface area contributed by atoms with Crippen molar-refractivity contribution in [3.8, 4) is 0 Å². The fourth-order valence-corrected chi connectivity index (χ4v) is 3.44. The number of aliphatic hydroxyl groups excluding tert-OH is 1. The van der Waals surface area contributed by atoms with E-state index >= 15 is 0 Å². The lowest BCUT2D eigenvalue weighted by Crippen LogP contribution is -2.26. The van der Waals surface area contributed by atoms with Crippen molar-refractivity contribution >= 4 is 9.84 Å². The van der Waals surface area contributed by atoms with E-state index in [1.54, 1.807) is 0 Å². The smallest absolute Gasteiger partial charge is 0.192 e. The summed E-state index contributed by atoms with van der Waals surface area (Å²) in [5, 5.41) is 14.6. The first-order valence-electron chi connectivity index (χ1n) is 8.34. The predicted molar refractivity (Wildman–Crippen MR) is 96.2 cm³/mol. The normalized spacial score (nSPS) is 14.0. The van der Waals surface area contributed by atoms with Gasteiger partial charge < -0.3 is 5.11 Å². The molecular weight excluding hydrogens is 390 g/mol. The molecule has 0 fully saturated rings. The highest BCUT2D eigenvalue weighted by Gasteiger charge is 2.25. The minimum Gasteiger partial charge on any atom is -0.391 e. The van der Waals surface area contributed by atoms with Gasteiger partial charge in [-0.25, -0.2) is 27.2 Å². The van der Waals surface area contributed by atoms with Gasteiger partial charge in [0.05, 0.1) is 12.6 Å². The standard InChI is InChI=1S/C18H18F2N4O3S/c1-28(26,27)18-5-3-13(8-22-18)15(17(25)9-24-11-21-10-23-24)6-12-2-4-14(19)7-16(12)20/h2-5,7-8,10-11,15,17,25H,6,9H2,1H3. The lowest BCUT2D eigenvalue weighted by molar-refractivity contribution is 0.118. The summed E-state index contributed by atoms with van der Waals surface area (Å²) in [4.78, 5) is 7.75. The topological polar surface area (TPSA) is 98.0 Å². The maximum absolute atomic E-state index is 14.1. The summed E-state index contributed by atoms with van der Waals surface area (Å²) >= 11 is 0. The molecule has 28 heavy (non-hydrogen) atoms. The molecule has 3 rings (SSSR count). The quantitative estimate of drug-likeness (QED) is 0.640. The number of pyridine rings is 1. The van der Waals surface area contributed by atoms with Crippen molar-refractivity contribution in [2.45, 2.75) is 30.0 Å². The minimum absolute atomic E-state index is 0.0574. The molecule has 2 aromatic heterocycles. The van der Waals surface area contributed by atoms with Gasteiger partial charge in [0.25, 0.3) is 0 Å². The molecular formula is C18H18F2N4O3S. The molecule has 0 aliphatic rings. The number of hydrogen-bond donors (Lipinski definition) is 1. The summed E-state index contributed by atoms with van der Waals surface area (Å²) in [5.74, 6) is -2.05. The monoisotopic (exact) mass is 408 g/mol. The SMILES string of the molecule is CS(=O)(=O)c1ccc(C(Cc2ccc(F)cc2F)C(O)Cn2cncn2)cn1. The number of hydrogen-bond acceptors (Lipinski definition) is 6. The Kier molecular flexibility index (Phi) is 5.80. The van der Waals surface area contributed by atoms with E-state index in [9.17, 15) is 22.3 Å². The highest BCUT2D eigenvalue weighted by atomic mass is 32.2. The lowest BCUT2D eigenvalue weighted by Gasteiger charge is -2.23. The van der Waals surface area contributed by atoms with Crippen LogP contribution >= 0.6 is 0 Å². The van der Waals surface area contributed by atoms with Crippen LogP contribution in [0, 0.1) is 11.6 Å². The zero-order valence-corrected chi connectivity index (χ0v) is 15.7. The van der Waals surface area contributed by atoms with Crippen LogP contribution in [0.5, 0.6) is 0 Å². The summed E-state index contributed by atoms with van der Waals surface area (Å²) in [5.41, 5.74) is 0.736. The summed E-state index contributed by atoms with van der Waals surface area (Å²) in [6.07, 6.45) is 4.19. The largest absolute Gasteiger partial charge is 0.391 e. The van der Waals surface area contributed by atoms with Crippen molar-refractivity contribution in [1.29, 1.82) is 0 Å². The van der Waals surface area contributed by atoms with Gasteiger partial charge in [-0.15, -0.1) is 0 Å². The molecule has 0 spiro atoms. The maximum Gasteiger partial charge on any atom is 0.192 e. The van der Waals surface area contributed by atoms with E-state index < -0.39 is 33.5 Å². The van der Waals surface area contributed by atoms with Crippen LogP contribution in [0.3, 0.4) is 0 Å². The third kappa shape index (κ3) is 4.76.